The zero-order valence-electron chi connectivity index (χ0n) is 14.7. The average Bonchev–Trinajstić information content (AvgIpc) is 3.25. The third kappa shape index (κ3) is 3.69. The van der Waals surface area contributed by atoms with Gasteiger partial charge in [0.05, 0.1) is 0 Å². The summed E-state index contributed by atoms with van der Waals surface area (Å²) < 4.78 is 0. The van der Waals surface area contributed by atoms with Gasteiger partial charge in [0, 0.05) is 39.0 Å². The number of rotatable bonds is 5. The van der Waals surface area contributed by atoms with Gasteiger partial charge in [-0.3, -0.25) is 9.59 Å². The average molecular weight is 366 g/mol. The number of hydrogen-bond acceptors (Lipinski definition) is 4. The van der Waals surface area contributed by atoms with Gasteiger partial charge in [-0.15, -0.1) is 0 Å². The van der Waals surface area contributed by atoms with Crippen LogP contribution in [-0.4, -0.2) is 29.8 Å². The molecule has 5 heteroatoms. The molecule has 26 heavy (non-hydrogen) atoms. The summed E-state index contributed by atoms with van der Waals surface area (Å²) in [6.07, 6.45) is 3.43. The summed E-state index contributed by atoms with van der Waals surface area (Å²) >= 11 is 1.59. The van der Waals surface area contributed by atoms with Gasteiger partial charge in [-0.1, -0.05) is 23.9 Å². The van der Waals surface area contributed by atoms with E-state index in [-0.39, 0.29) is 17.7 Å². The Morgan fingerprint density at radius 3 is 2.50 bits per heavy atom. The minimum absolute atomic E-state index is 0.000484. The molecule has 0 aliphatic carbocycles. The number of benzene rings is 2. The molecule has 2 fully saturated rings. The molecule has 2 heterocycles. The SMILES string of the molecule is CC(=O)c1cccc(Sc2ccc(C(=O)N[C@@H]3C[C@H]4CC[C@@H]3N4)cc2)c1. The van der Waals surface area contributed by atoms with Crippen molar-refractivity contribution in [2.75, 3.05) is 0 Å². The smallest absolute Gasteiger partial charge is 0.251 e. The van der Waals surface area contributed by atoms with Crippen LogP contribution in [-0.2, 0) is 0 Å². The Balaban J connectivity index is 1.39. The van der Waals surface area contributed by atoms with E-state index in [1.54, 1.807) is 18.7 Å². The molecule has 4 rings (SSSR count). The van der Waals surface area contributed by atoms with Gasteiger partial charge in [0.2, 0.25) is 0 Å². The van der Waals surface area contributed by atoms with Crippen molar-refractivity contribution < 1.29 is 9.59 Å². The van der Waals surface area contributed by atoms with Crippen molar-refractivity contribution in [1.29, 1.82) is 0 Å². The maximum absolute atomic E-state index is 12.5. The summed E-state index contributed by atoms with van der Waals surface area (Å²) in [5.74, 6) is 0.0639. The summed E-state index contributed by atoms with van der Waals surface area (Å²) in [6.45, 7) is 1.57. The van der Waals surface area contributed by atoms with Gasteiger partial charge < -0.3 is 10.6 Å². The molecule has 1 amide bonds. The molecule has 2 aromatic carbocycles. The molecule has 3 atom stereocenters. The van der Waals surface area contributed by atoms with E-state index in [0.29, 0.717) is 23.2 Å². The first-order valence-corrected chi connectivity index (χ1v) is 9.86. The Hall–Kier alpha value is -2.11. The van der Waals surface area contributed by atoms with Gasteiger partial charge in [0.25, 0.3) is 5.91 Å². The fourth-order valence-corrected chi connectivity index (χ4v) is 4.70. The van der Waals surface area contributed by atoms with Gasteiger partial charge in [0.1, 0.15) is 0 Å². The van der Waals surface area contributed by atoms with Crippen LogP contribution in [0.15, 0.2) is 58.3 Å². The molecule has 4 nitrogen and oxygen atoms in total. The Morgan fingerprint density at radius 2 is 1.85 bits per heavy atom. The molecular weight excluding hydrogens is 344 g/mol. The second kappa shape index (κ2) is 7.25. The lowest BCUT2D eigenvalue weighted by molar-refractivity contribution is 0.0930. The number of carbonyl (C=O) groups is 2. The van der Waals surface area contributed by atoms with Crippen LogP contribution < -0.4 is 10.6 Å². The quantitative estimate of drug-likeness (QED) is 0.793. The predicted octanol–water partition coefficient (Wildman–Crippen LogP) is 3.66. The molecule has 2 aromatic rings. The zero-order chi connectivity index (χ0) is 18.1. The highest BCUT2D eigenvalue weighted by atomic mass is 32.2. The number of Topliss-reactive ketones (excluding diaryl/α,β-unsaturated/α-hetero) is 1. The van der Waals surface area contributed by atoms with E-state index in [1.165, 1.54) is 6.42 Å². The molecule has 0 radical (unpaired) electrons. The number of nitrogens with one attached hydrogen (secondary N) is 2. The summed E-state index contributed by atoms with van der Waals surface area (Å²) in [6, 6.07) is 16.5. The number of ketones is 1. The van der Waals surface area contributed by atoms with Crippen molar-refractivity contribution in [3.63, 3.8) is 0 Å². The minimum atomic E-state index is -0.000484. The van der Waals surface area contributed by atoms with Crippen LogP contribution in [0.4, 0.5) is 0 Å². The Morgan fingerprint density at radius 1 is 1.04 bits per heavy atom. The molecule has 0 spiro atoms. The third-order valence-electron chi connectivity index (χ3n) is 5.21. The third-order valence-corrected chi connectivity index (χ3v) is 6.21. The Labute approximate surface area is 157 Å². The lowest BCUT2D eigenvalue weighted by Crippen LogP contribution is -2.42. The van der Waals surface area contributed by atoms with Crippen molar-refractivity contribution in [2.24, 2.45) is 0 Å². The molecule has 2 aliphatic rings. The van der Waals surface area contributed by atoms with Gasteiger partial charge in [0.15, 0.2) is 5.78 Å². The van der Waals surface area contributed by atoms with Crippen molar-refractivity contribution >= 4 is 23.5 Å². The first-order valence-electron chi connectivity index (χ1n) is 9.04. The Bertz CT molecular complexity index is 834. The molecule has 2 aliphatic heterocycles. The second-order valence-electron chi connectivity index (χ2n) is 7.07. The van der Waals surface area contributed by atoms with Crippen molar-refractivity contribution in [2.45, 2.75) is 54.1 Å². The molecule has 0 saturated carbocycles. The molecule has 134 valence electrons. The summed E-state index contributed by atoms with van der Waals surface area (Å²) in [4.78, 5) is 26.0. The maximum atomic E-state index is 12.5. The topological polar surface area (TPSA) is 58.2 Å². The van der Waals surface area contributed by atoms with Crippen LogP contribution in [0, 0.1) is 0 Å². The Kier molecular flexibility index (Phi) is 4.83. The van der Waals surface area contributed by atoms with Crippen molar-refractivity contribution in [3.05, 3.63) is 59.7 Å². The molecule has 0 aromatic heterocycles. The van der Waals surface area contributed by atoms with Crippen LogP contribution in [0.5, 0.6) is 0 Å². The van der Waals surface area contributed by atoms with Crippen LogP contribution in [0.25, 0.3) is 0 Å². The predicted molar refractivity (Wildman–Crippen MR) is 103 cm³/mol. The van der Waals surface area contributed by atoms with Crippen LogP contribution >= 0.6 is 11.8 Å². The van der Waals surface area contributed by atoms with Gasteiger partial charge in [-0.2, -0.15) is 0 Å². The first-order chi connectivity index (χ1) is 12.6. The highest BCUT2D eigenvalue weighted by molar-refractivity contribution is 7.99. The fourth-order valence-electron chi connectivity index (χ4n) is 3.82. The van der Waals surface area contributed by atoms with Gasteiger partial charge >= 0.3 is 0 Å². The highest BCUT2D eigenvalue weighted by Gasteiger charge is 2.39. The zero-order valence-corrected chi connectivity index (χ0v) is 15.5. The number of hydrogen-bond donors (Lipinski definition) is 2. The largest absolute Gasteiger partial charge is 0.348 e. The van der Waals surface area contributed by atoms with Crippen molar-refractivity contribution in [3.8, 4) is 0 Å². The molecule has 0 unspecified atom stereocenters. The number of amides is 1. The van der Waals surface area contributed by atoms with E-state index < -0.39 is 0 Å². The lowest BCUT2D eigenvalue weighted by Gasteiger charge is -2.21. The van der Waals surface area contributed by atoms with Crippen LogP contribution in [0.3, 0.4) is 0 Å². The summed E-state index contributed by atoms with van der Waals surface area (Å²) in [7, 11) is 0. The first kappa shape index (κ1) is 17.3. The van der Waals surface area contributed by atoms with Crippen LogP contribution in [0.1, 0.15) is 46.9 Å². The number of carbonyl (C=O) groups excluding carboxylic acids is 2. The molecular formula is C21H22N2O2S. The van der Waals surface area contributed by atoms with E-state index in [0.717, 1.165) is 22.6 Å². The fraction of sp³-hybridized carbons (Fsp3) is 0.333. The van der Waals surface area contributed by atoms with Crippen LogP contribution in [0.2, 0.25) is 0 Å². The lowest BCUT2D eigenvalue weighted by atomic mass is 9.95. The van der Waals surface area contributed by atoms with E-state index in [9.17, 15) is 9.59 Å². The monoisotopic (exact) mass is 366 g/mol. The molecule has 2 saturated heterocycles. The second-order valence-corrected chi connectivity index (χ2v) is 8.22. The van der Waals surface area contributed by atoms with E-state index in [1.807, 2.05) is 48.5 Å². The number of fused-ring (bicyclic) bond motifs is 2. The maximum Gasteiger partial charge on any atom is 0.251 e. The van der Waals surface area contributed by atoms with Gasteiger partial charge in [-0.25, -0.2) is 0 Å². The molecule has 2 N–H and O–H groups in total. The molecule has 2 bridgehead atoms. The van der Waals surface area contributed by atoms with Crippen molar-refractivity contribution in [1.82, 2.24) is 10.6 Å². The highest BCUT2D eigenvalue weighted by Crippen LogP contribution is 2.30. The normalized spacial score (nSPS) is 23.8. The standard InChI is InChI=1S/C21H22N2O2S/c1-13(24)15-3-2-4-18(11-15)26-17-8-5-14(6-9-17)21(25)23-20-12-16-7-10-19(20)22-16/h2-6,8-9,11,16,19-20,22H,7,10,12H2,1H3,(H,23,25)/t16-,19+,20-/m1/s1. The van der Waals surface area contributed by atoms with E-state index in [4.69, 9.17) is 0 Å². The van der Waals surface area contributed by atoms with E-state index >= 15 is 0 Å². The van der Waals surface area contributed by atoms with E-state index in [2.05, 4.69) is 10.6 Å². The summed E-state index contributed by atoms with van der Waals surface area (Å²) in [5, 5.41) is 6.71. The van der Waals surface area contributed by atoms with Gasteiger partial charge in [-0.05, 0) is 62.6 Å². The summed E-state index contributed by atoms with van der Waals surface area (Å²) in [5.41, 5.74) is 1.40. The minimum Gasteiger partial charge on any atom is -0.348 e.